The summed E-state index contributed by atoms with van der Waals surface area (Å²) in [6.45, 7) is 0.655. The number of nitrogen functional groups attached to an aromatic ring is 1. The lowest BCUT2D eigenvalue weighted by Crippen LogP contribution is -2.25. The minimum absolute atomic E-state index is 0.105. The predicted octanol–water partition coefficient (Wildman–Crippen LogP) is 2.63. The highest BCUT2D eigenvalue weighted by Crippen LogP contribution is 2.10. The topological polar surface area (TPSA) is 55.1 Å². The van der Waals surface area contributed by atoms with Crippen molar-refractivity contribution in [1.82, 2.24) is 5.32 Å². The molecule has 3 heteroatoms. The molecule has 0 spiro atoms. The molecule has 0 atom stereocenters. The number of para-hydroxylation sites is 1. The Morgan fingerprint density at radius 1 is 1.00 bits per heavy atom. The standard InChI is InChI=1S/C16H18N2O/c17-15-11-5-4-10-14(15)16(19)18-12-6-9-13-7-2-1-3-8-13/h1-5,7-8,10-11H,6,9,12,17H2,(H,18,19). The van der Waals surface area contributed by atoms with Gasteiger partial charge >= 0.3 is 0 Å². The fraction of sp³-hybridized carbons (Fsp3) is 0.188. The van der Waals surface area contributed by atoms with Crippen LogP contribution in [0.2, 0.25) is 0 Å². The van der Waals surface area contributed by atoms with Gasteiger partial charge < -0.3 is 11.1 Å². The van der Waals surface area contributed by atoms with Gasteiger partial charge in [-0.25, -0.2) is 0 Å². The van der Waals surface area contributed by atoms with Crippen LogP contribution in [0.3, 0.4) is 0 Å². The van der Waals surface area contributed by atoms with Gasteiger partial charge in [0.25, 0.3) is 5.91 Å². The number of hydrogen-bond donors (Lipinski definition) is 2. The Morgan fingerprint density at radius 2 is 1.68 bits per heavy atom. The molecule has 0 bridgehead atoms. The summed E-state index contributed by atoms with van der Waals surface area (Å²) in [6, 6.07) is 17.4. The molecule has 1 amide bonds. The molecular formula is C16H18N2O. The second-order valence-electron chi connectivity index (χ2n) is 4.43. The monoisotopic (exact) mass is 254 g/mol. The second kappa shape index (κ2) is 6.59. The van der Waals surface area contributed by atoms with Gasteiger partial charge in [-0.05, 0) is 30.5 Å². The van der Waals surface area contributed by atoms with Crippen LogP contribution in [0, 0.1) is 0 Å². The molecule has 2 aromatic carbocycles. The molecule has 2 rings (SSSR count). The van der Waals surface area contributed by atoms with Gasteiger partial charge in [-0.15, -0.1) is 0 Å². The van der Waals surface area contributed by atoms with Crippen LogP contribution in [0.15, 0.2) is 54.6 Å². The maximum absolute atomic E-state index is 11.9. The zero-order chi connectivity index (χ0) is 13.5. The smallest absolute Gasteiger partial charge is 0.253 e. The summed E-state index contributed by atoms with van der Waals surface area (Å²) in [5, 5.41) is 2.89. The average molecular weight is 254 g/mol. The van der Waals surface area contributed by atoms with E-state index in [1.54, 1.807) is 12.1 Å². The third-order valence-electron chi connectivity index (χ3n) is 2.98. The van der Waals surface area contributed by atoms with Crippen LogP contribution < -0.4 is 11.1 Å². The number of amides is 1. The first-order chi connectivity index (χ1) is 9.27. The van der Waals surface area contributed by atoms with Crippen molar-refractivity contribution in [2.24, 2.45) is 0 Å². The Balaban J connectivity index is 1.77. The first kappa shape index (κ1) is 13.1. The van der Waals surface area contributed by atoms with Gasteiger partial charge in [0.2, 0.25) is 0 Å². The van der Waals surface area contributed by atoms with Crippen molar-refractivity contribution in [1.29, 1.82) is 0 Å². The number of rotatable bonds is 5. The lowest BCUT2D eigenvalue weighted by Gasteiger charge is -2.07. The van der Waals surface area contributed by atoms with E-state index in [0.717, 1.165) is 12.8 Å². The molecule has 19 heavy (non-hydrogen) atoms. The lowest BCUT2D eigenvalue weighted by atomic mass is 10.1. The summed E-state index contributed by atoms with van der Waals surface area (Å²) in [6.07, 6.45) is 1.88. The Kier molecular flexibility index (Phi) is 4.56. The van der Waals surface area contributed by atoms with E-state index in [4.69, 9.17) is 5.73 Å². The number of anilines is 1. The summed E-state index contributed by atoms with van der Waals surface area (Å²) >= 11 is 0. The first-order valence-corrected chi connectivity index (χ1v) is 6.44. The molecule has 0 aliphatic carbocycles. The minimum Gasteiger partial charge on any atom is -0.398 e. The van der Waals surface area contributed by atoms with Crippen molar-refractivity contribution in [3.63, 3.8) is 0 Å². The quantitative estimate of drug-likeness (QED) is 0.636. The van der Waals surface area contributed by atoms with E-state index in [1.807, 2.05) is 30.3 Å². The third kappa shape index (κ3) is 3.85. The van der Waals surface area contributed by atoms with E-state index in [1.165, 1.54) is 5.56 Å². The Bertz CT molecular complexity index is 537. The molecule has 0 saturated heterocycles. The van der Waals surface area contributed by atoms with Gasteiger partial charge in [0, 0.05) is 12.2 Å². The first-order valence-electron chi connectivity index (χ1n) is 6.44. The lowest BCUT2D eigenvalue weighted by molar-refractivity contribution is 0.0954. The molecule has 0 aromatic heterocycles. The average Bonchev–Trinajstić information content (AvgIpc) is 2.45. The minimum atomic E-state index is -0.105. The number of benzene rings is 2. The largest absolute Gasteiger partial charge is 0.398 e. The van der Waals surface area contributed by atoms with Crippen molar-refractivity contribution < 1.29 is 4.79 Å². The Morgan fingerprint density at radius 3 is 2.42 bits per heavy atom. The SMILES string of the molecule is Nc1ccccc1C(=O)NCCCc1ccccc1. The van der Waals surface area contributed by atoms with Crippen molar-refractivity contribution in [3.05, 3.63) is 65.7 Å². The molecule has 0 aliphatic heterocycles. The zero-order valence-corrected chi connectivity index (χ0v) is 10.8. The molecule has 0 aliphatic rings. The maximum Gasteiger partial charge on any atom is 0.253 e. The van der Waals surface area contributed by atoms with Crippen LogP contribution in [0.25, 0.3) is 0 Å². The van der Waals surface area contributed by atoms with Gasteiger partial charge in [-0.2, -0.15) is 0 Å². The highest BCUT2D eigenvalue weighted by Gasteiger charge is 2.07. The highest BCUT2D eigenvalue weighted by atomic mass is 16.1. The van der Waals surface area contributed by atoms with Gasteiger partial charge in [-0.1, -0.05) is 42.5 Å². The van der Waals surface area contributed by atoms with Crippen LogP contribution in [0.5, 0.6) is 0 Å². The number of carbonyl (C=O) groups is 1. The normalized spacial score (nSPS) is 10.1. The molecule has 3 nitrogen and oxygen atoms in total. The van der Waals surface area contributed by atoms with Gasteiger partial charge in [-0.3, -0.25) is 4.79 Å². The molecule has 2 aromatic rings. The van der Waals surface area contributed by atoms with Crippen molar-refractivity contribution in [3.8, 4) is 0 Å². The molecule has 0 unspecified atom stereocenters. The summed E-state index contributed by atoms with van der Waals surface area (Å²) < 4.78 is 0. The molecule has 98 valence electrons. The third-order valence-corrected chi connectivity index (χ3v) is 2.98. The second-order valence-corrected chi connectivity index (χ2v) is 4.43. The van der Waals surface area contributed by atoms with E-state index >= 15 is 0 Å². The maximum atomic E-state index is 11.9. The van der Waals surface area contributed by atoms with E-state index in [0.29, 0.717) is 17.8 Å². The molecule has 0 heterocycles. The van der Waals surface area contributed by atoms with Crippen LogP contribution in [0.1, 0.15) is 22.3 Å². The molecular weight excluding hydrogens is 236 g/mol. The van der Waals surface area contributed by atoms with Gasteiger partial charge in [0.15, 0.2) is 0 Å². The predicted molar refractivity (Wildman–Crippen MR) is 78.0 cm³/mol. The fourth-order valence-electron chi connectivity index (χ4n) is 1.94. The summed E-state index contributed by atoms with van der Waals surface area (Å²) in [5.41, 5.74) is 8.10. The van der Waals surface area contributed by atoms with Crippen LogP contribution in [-0.4, -0.2) is 12.5 Å². The summed E-state index contributed by atoms with van der Waals surface area (Å²) in [5.74, 6) is -0.105. The molecule has 0 saturated carbocycles. The molecule has 0 fully saturated rings. The van der Waals surface area contributed by atoms with Crippen molar-refractivity contribution in [2.75, 3.05) is 12.3 Å². The van der Waals surface area contributed by atoms with Crippen LogP contribution >= 0.6 is 0 Å². The van der Waals surface area contributed by atoms with Crippen molar-refractivity contribution in [2.45, 2.75) is 12.8 Å². The zero-order valence-electron chi connectivity index (χ0n) is 10.8. The number of nitrogens with one attached hydrogen (secondary N) is 1. The highest BCUT2D eigenvalue weighted by molar-refractivity contribution is 5.98. The van der Waals surface area contributed by atoms with E-state index < -0.39 is 0 Å². The van der Waals surface area contributed by atoms with Crippen molar-refractivity contribution >= 4 is 11.6 Å². The molecule has 0 radical (unpaired) electrons. The number of carbonyl (C=O) groups excluding carboxylic acids is 1. The summed E-state index contributed by atoms with van der Waals surface area (Å²) in [7, 11) is 0. The van der Waals surface area contributed by atoms with Crippen LogP contribution in [0.4, 0.5) is 5.69 Å². The van der Waals surface area contributed by atoms with E-state index in [-0.39, 0.29) is 5.91 Å². The Labute approximate surface area is 113 Å². The number of aryl methyl sites for hydroxylation is 1. The number of nitrogens with two attached hydrogens (primary N) is 1. The van der Waals surface area contributed by atoms with Gasteiger partial charge in [0.05, 0.1) is 5.56 Å². The van der Waals surface area contributed by atoms with Crippen LogP contribution in [-0.2, 0) is 6.42 Å². The number of hydrogen-bond acceptors (Lipinski definition) is 2. The van der Waals surface area contributed by atoms with E-state index in [2.05, 4.69) is 17.4 Å². The summed E-state index contributed by atoms with van der Waals surface area (Å²) in [4.78, 5) is 11.9. The van der Waals surface area contributed by atoms with Gasteiger partial charge in [0.1, 0.15) is 0 Å². The Hall–Kier alpha value is -2.29. The van der Waals surface area contributed by atoms with E-state index in [9.17, 15) is 4.79 Å². The fourth-order valence-corrected chi connectivity index (χ4v) is 1.94. The molecule has 3 N–H and O–H groups in total.